The third-order valence-corrected chi connectivity index (χ3v) is 3.72. The normalized spacial score (nSPS) is 11.9. The quantitative estimate of drug-likeness (QED) is 0.735. The van der Waals surface area contributed by atoms with E-state index in [1.165, 1.54) is 5.56 Å². The molecule has 1 atom stereocenters. The lowest BCUT2D eigenvalue weighted by atomic mass is 9.98. The minimum atomic E-state index is -0.145. The summed E-state index contributed by atoms with van der Waals surface area (Å²) >= 11 is 0. The molecule has 0 bridgehead atoms. The van der Waals surface area contributed by atoms with Crippen molar-refractivity contribution in [2.45, 2.75) is 39.2 Å². The van der Waals surface area contributed by atoms with E-state index >= 15 is 0 Å². The molecular formula is C17H24N4O. The van der Waals surface area contributed by atoms with Crippen LogP contribution >= 0.6 is 0 Å². The first-order valence-corrected chi connectivity index (χ1v) is 7.78. The predicted molar refractivity (Wildman–Crippen MR) is 87.7 cm³/mol. The van der Waals surface area contributed by atoms with E-state index in [1.54, 1.807) is 0 Å². The van der Waals surface area contributed by atoms with E-state index in [1.807, 2.05) is 31.2 Å². The van der Waals surface area contributed by atoms with Crippen LogP contribution in [0.1, 0.15) is 43.1 Å². The van der Waals surface area contributed by atoms with Gasteiger partial charge in [0.25, 0.3) is 0 Å². The van der Waals surface area contributed by atoms with Crippen molar-refractivity contribution >= 4 is 6.03 Å². The number of carbonyl (C=O) groups is 1. The van der Waals surface area contributed by atoms with Crippen LogP contribution < -0.4 is 10.6 Å². The molecule has 0 aliphatic carbocycles. The van der Waals surface area contributed by atoms with E-state index in [-0.39, 0.29) is 6.03 Å². The zero-order valence-corrected chi connectivity index (χ0v) is 13.2. The first-order chi connectivity index (χ1) is 10.7. The Balaban J connectivity index is 1.65. The van der Waals surface area contributed by atoms with Gasteiger partial charge in [0.2, 0.25) is 0 Å². The van der Waals surface area contributed by atoms with Gasteiger partial charge in [0.05, 0.1) is 17.9 Å². The summed E-state index contributed by atoms with van der Waals surface area (Å²) in [5.74, 6) is 0.432. The number of aromatic amines is 1. The Morgan fingerprint density at radius 3 is 2.73 bits per heavy atom. The van der Waals surface area contributed by atoms with Crippen LogP contribution in [0, 0.1) is 0 Å². The summed E-state index contributed by atoms with van der Waals surface area (Å²) in [4.78, 5) is 11.8. The van der Waals surface area contributed by atoms with Crippen LogP contribution in [0.3, 0.4) is 0 Å². The second-order valence-corrected chi connectivity index (χ2v) is 5.45. The minimum absolute atomic E-state index is 0.145. The molecule has 2 rings (SSSR count). The molecule has 0 radical (unpaired) electrons. The Morgan fingerprint density at radius 1 is 1.27 bits per heavy atom. The molecule has 0 saturated heterocycles. The molecule has 0 aliphatic heterocycles. The standard InChI is InChI=1S/C17H24N4O/c1-3-15-11-16(21-20-15)12-19-17(22)18-10-9-13(2)14-7-5-4-6-8-14/h4-8,11,13H,3,9-10,12H2,1-2H3,(H,20,21)(H2,18,19,22)/t13-/m1/s1. The fourth-order valence-electron chi connectivity index (χ4n) is 2.27. The summed E-state index contributed by atoms with van der Waals surface area (Å²) in [5, 5.41) is 12.8. The van der Waals surface area contributed by atoms with Gasteiger partial charge < -0.3 is 10.6 Å². The first kappa shape index (κ1) is 16.1. The van der Waals surface area contributed by atoms with Gasteiger partial charge in [0.1, 0.15) is 0 Å². The van der Waals surface area contributed by atoms with Crippen molar-refractivity contribution in [2.75, 3.05) is 6.54 Å². The molecule has 5 heteroatoms. The molecule has 118 valence electrons. The van der Waals surface area contributed by atoms with Crippen LogP contribution in [0.5, 0.6) is 0 Å². The van der Waals surface area contributed by atoms with Gasteiger partial charge in [-0.3, -0.25) is 5.10 Å². The molecule has 2 amide bonds. The van der Waals surface area contributed by atoms with Gasteiger partial charge >= 0.3 is 6.03 Å². The zero-order chi connectivity index (χ0) is 15.8. The molecule has 0 fully saturated rings. The summed E-state index contributed by atoms with van der Waals surface area (Å²) in [6.07, 6.45) is 1.81. The molecule has 5 nitrogen and oxygen atoms in total. The highest BCUT2D eigenvalue weighted by atomic mass is 16.2. The second-order valence-electron chi connectivity index (χ2n) is 5.45. The third kappa shape index (κ3) is 4.91. The summed E-state index contributed by atoms with van der Waals surface area (Å²) in [6.45, 7) is 5.35. The predicted octanol–water partition coefficient (Wildman–Crippen LogP) is 2.97. The molecule has 1 heterocycles. The van der Waals surface area contributed by atoms with Crippen molar-refractivity contribution in [3.63, 3.8) is 0 Å². The maximum Gasteiger partial charge on any atom is 0.315 e. The van der Waals surface area contributed by atoms with Gasteiger partial charge in [-0.15, -0.1) is 0 Å². The SMILES string of the molecule is CCc1cc(CNC(=O)NCC[C@@H](C)c2ccccc2)[nH]n1. The number of urea groups is 1. The largest absolute Gasteiger partial charge is 0.338 e. The van der Waals surface area contributed by atoms with E-state index in [4.69, 9.17) is 0 Å². The van der Waals surface area contributed by atoms with E-state index in [0.29, 0.717) is 19.0 Å². The monoisotopic (exact) mass is 300 g/mol. The lowest BCUT2D eigenvalue weighted by Crippen LogP contribution is -2.36. The van der Waals surface area contributed by atoms with Crippen molar-refractivity contribution in [3.05, 3.63) is 53.3 Å². The molecule has 1 aromatic carbocycles. The van der Waals surface area contributed by atoms with E-state index in [9.17, 15) is 4.79 Å². The Labute approximate surface area is 131 Å². The van der Waals surface area contributed by atoms with Crippen LogP contribution in [0.15, 0.2) is 36.4 Å². The van der Waals surface area contributed by atoms with Crippen molar-refractivity contribution in [3.8, 4) is 0 Å². The first-order valence-electron chi connectivity index (χ1n) is 7.78. The molecular weight excluding hydrogens is 276 g/mol. The average Bonchev–Trinajstić information content (AvgIpc) is 3.02. The van der Waals surface area contributed by atoms with Crippen molar-refractivity contribution in [1.82, 2.24) is 20.8 Å². The maximum atomic E-state index is 11.8. The number of nitrogens with one attached hydrogen (secondary N) is 3. The van der Waals surface area contributed by atoms with Gasteiger partial charge in [-0.2, -0.15) is 5.10 Å². The number of aromatic nitrogens is 2. The smallest absolute Gasteiger partial charge is 0.315 e. The number of nitrogens with zero attached hydrogens (tertiary/aromatic N) is 1. The molecule has 0 spiro atoms. The van der Waals surface area contributed by atoms with Gasteiger partial charge in [0, 0.05) is 6.54 Å². The Kier molecular flexibility index (Phi) is 6.01. The van der Waals surface area contributed by atoms with Gasteiger partial charge in [-0.25, -0.2) is 4.79 Å². The molecule has 0 unspecified atom stereocenters. The summed E-state index contributed by atoms with van der Waals surface area (Å²) in [7, 11) is 0. The summed E-state index contributed by atoms with van der Waals surface area (Å²) < 4.78 is 0. The average molecular weight is 300 g/mol. The highest BCUT2D eigenvalue weighted by molar-refractivity contribution is 5.73. The van der Waals surface area contributed by atoms with Crippen LogP contribution in [-0.2, 0) is 13.0 Å². The van der Waals surface area contributed by atoms with Crippen LogP contribution in [0.4, 0.5) is 4.79 Å². The number of carbonyl (C=O) groups excluding carboxylic acids is 1. The van der Waals surface area contributed by atoms with Gasteiger partial charge in [-0.1, -0.05) is 44.2 Å². The lowest BCUT2D eigenvalue weighted by Gasteiger charge is -2.12. The number of H-pyrrole nitrogens is 1. The fraction of sp³-hybridized carbons (Fsp3) is 0.412. The number of hydrogen-bond donors (Lipinski definition) is 3. The number of benzene rings is 1. The third-order valence-electron chi connectivity index (χ3n) is 3.72. The van der Waals surface area contributed by atoms with Crippen LogP contribution in [-0.4, -0.2) is 22.8 Å². The zero-order valence-electron chi connectivity index (χ0n) is 13.2. The molecule has 3 N–H and O–H groups in total. The topological polar surface area (TPSA) is 69.8 Å². The minimum Gasteiger partial charge on any atom is -0.338 e. The molecule has 1 aromatic heterocycles. The molecule has 22 heavy (non-hydrogen) atoms. The Bertz CT molecular complexity index is 579. The molecule has 0 saturated carbocycles. The maximum absolute atomic E-state index is 11.8. The van der Waals surface area contributed by atoms with E-state index < -0.39 is 0 Å². The highest BCUT2D eigenvalue weighted by Gasteiger charge is 2.06. The van der Waals surface area contributed by atoms with Crippen LogP contribution in [0.25, 0.3) is 0 Å². The van der Waals surface area contributed by atoms with Crippen molar-refractivity contribution in [2.24, 2.45) is 0 Å². The number of aryl methyl sites for hydroxylation is 1. The number of hydrogen-bond acceptors (Lipinski definition) is 2. The summed E-state index contributed by atoms with van der Waals surface area (Å²) in [5.41, 5.74) is 3.23. The second kappa shape index (κ2) is 8.22. The molecule has 0 aliphatic rings. The number of rotatable bonds is 7. The molecule has 2 aromatic rings. The Hall–Kier alpha value is -2.30. The fourth-order valence-corrected chi connectivity index (χ4v) is 2.27. The van der Waals surface area contributed by atoms with Gasteiger partial charge in [-0.05, 0) is 30.4 Å². The van der Waals surface area contributed by atoms with Gasteiger partial charge in [0.15, 0.2) is 0 Å². The van der Waals surface area contributed by atoms with E-state index in [0.717, 1.165) is 24.2 Å². The lowest BCUT2D eigenvalue weighted by molar-refractivity contribution is 0.240. The van der Waals surface area contributed by atoms with Crippen molar-refractivity contribution in [1.29, 1.82) is 0 Å². The summed E-state index contributed by atoms with van der Waals surface area (Å²) in [6, 6.07) is 12.2. The Morgan fingerprint density at radius 2 is 2.05 bits per heavy atom. The van der Waals surface area contributed by atoms with Crippen LogP contribution in [0.2, 0.25) is 0 Å². The van der Waals surface area contributed by atoms with E-state index in [2.05, 4.69) is 39.9 Å². The highest BCUT2D eigenvalue weighted by Crippen LogP contribution is 2.17. The number of amides is 2. The van der Waals surface area contributed by atoms with Crippen molar-refractivity contribution < 1.29 is 4.79 Å².